The summed E-state index contributed by atoms with van der Waals surface area (Å²) in [6.07, 6.45) is 5.34. The summed E-state index contributed by atoms with van der Waals surface area (Å²) in [5, 5.41) is 1.58. The summed E-state index contributed by atoms with van der Waals surface area (Å²) in [5.74, 6) is -0.339. The molecule has 3 rings (SSSR count). The van der Waals surface area contributed by atoms with Crippen molar-refractivity contribution in [1.29, 1.82) is 0 Å². The molecule has 0 aliphatic heterocycles. The lowest BCUT2D eigenvalue weighted by atomic mass is 10.1. The molecule has 4 nitrogen and oxygen atoms in total. The van der Waals surface area contributed by atoms with E-state index in [9.17, 15) is 4.79 Å². The minimum atomic E-state index is -0.339. The van der Waals surface area contributed by atoms with Gasteiger partial charge in [-0.25, -0.2) is 4.79 Å². The quantitative estimate of drug-likeness (QED) is 0.677. The Labute approximate surface area is 126 Å². The van der Waals surface area contributed by atoms with Gasteiger partial charge in [0.2, 0.25) is 0 Å². The van der Waals surface area contributed by atoms with Gasteiger partial charge in [0.1, 0.15) is 0 Å². The number of hydrogen-bond acceptors (Lipinski definition) is 3. The van der Waals surface area contributed by atoms with Gasteiger partial charge in [0.15, 0.2) is 0 Å². The second-order valence-corrected chi connectivity index (χ2v) is 5.20. The Morgan fingerprint density at radius 1 is 1.29 bits per heavy atom. The first-order chi connectivity index (χ1) is 10.1. The molecule has 106 valence electrons. The number of rotatable bonds is 2. The van der Waals surface area contributed by atoms with Gasteiger partial charge in [-0.2, -0.15) is 0 Å². The van der Waals surface area contributed by atoms with Crippen LogP contribution in [0.4, 0.5) is 0 Å². The van der Waals surface area contributed by atoms with E-state index in [2.05, 4.69) is 4.98 Å². The molecule has 2 heterocycles. The number of pyridine rings is 1. The summed E-state index contributed by atoms with van der Waals surface area (Å²) in [6, 6.07) is 7.34. The first-order valence-electron chi connectivity index (χ1n) is 6.41. The minimum Gasteiger partial charge on any atom is -0.465 e. The number of nitrogens with zero attached hydrogens (tertiary/aromatic N) is 2. The summed E-state index contributed by atoms with van der Waals surface area (Å²) in [7, 11) is 1.38. The molecule has 2 aromatic heterocycles. The topological polar surface area (TPSA) is 44.1 Å². The molecule has 21 heavy (non-hydrogen) atoms. The van der Waals surface area contributed by atoms with Crippen LogP contribution in [0.1, 0.15) is 15.9 Å². The van der Waals surface area contributed by atoms with E-state index in [1.54, 1.807) is 18.5 Å². The van der Waals surface area contributed by atoms with E-state index in [-0.39, 0.29) is 5.97 Å². The number of carbonyl (C=O) groups excluding carboxylic acids is 1. The fraction of sp³-hybridized carbons (Fsp3) is 0.125. The van der Waals surface area contributed by atoms with E-state index in [4.69, 9.17) is 16.3 Å². The van der Waals surface area contributed by atoms with Gasteiger partial charge in [-0.1, -0.05) is 11.6 Å². The van der Waals surface area contributed by atoms with E-state index < -0.39 is 0 Å². The molecule has 0 N–H and O–H groups in total. The van der Waals surface area contributed by atoms with Gasteiger partial charge in [-0.05, 0) is 36.8 Å². The second kappa shape index (κ2) is 5.22. The highest BCUT2D eigenvalue weighted by molar-refractivity contribution is 6.30. The molecule has 0 aliphatic carbocycles. The van der Waals surface area contributed by atoms with Crippen molar-refractivity contribution < 1.29 is 9.53 Å². The lowest BCUT2D eigenvalue weighted by Gasteiger charge is -2.06. The molecule has 0 radical (unpaired) electrons. The molecular weight excluding hydrogens is 288 g/mol. The van der Waals surface area contributed by atoms with Crippen molar-refractivity contribution in [3.63, 3.8) is 0 Å². The third-order valence-electron chi connectivity index (χ3n) is 3.39. The predicted octanol–water partition coefficient (Wildman–Crippen LogP) is 3.77. The zero-order chi connectivity index (χ0) is 15.0. The molecule has 0 saturated heterocycles. The monoisotopic (exact) mass is 300 g/mol. The Hall–Kier alpha value is -2.33. The maximum absolute atomic E-state index is 11.6. The fourth-order valence-corrected chi connectivity index (χ4v) is 2.55. The summed E-state index contributed by atoms with van der Waals surface area (Å²) < 4.78 is 6.76. The molecule has 0 saturated carbocycles. The van der Waals surface area contributed by atoms with Crippen molar-refractivity contribution in [2.75, 3.05) is 7.11 Å². The summed E-state index contributed by atoms with van der Waals surface area (Å²) in [5.41, 5.74) is 3.47. The maximum atomic E-state index is 11.6. The highest BCUT2D eigenvalue weighted by Crippen LogP contribution is 2.26. The SMILES string of the molecule is COC(=O)c1ccc2c(c1)c(C)cn2-c1cncc(Cl)c1. The van der Waals surface area contributed by atoms with Gasteiger partial charge in [0.05, 0.1) is 35.1 Å². The van der Waals surface area contributed by atoms with Gasteiger partial charge in [-0.15, -0.1) is 0 Å². The molecule has 0 aliphatic rings. The van der Waals surface area contributed by atoms with Crippen LogP contribution in [0.15, 0.2) is 42.9 Å². The fourth-order valence-electron chi connectivity index (χ4n) is 2.39. The third-order valence-corrected chi connectivity index (χ3v) is 3.60. The zero-order valence-electron chi connectivity index (χ0n) is 11.6. The van der Waals surface area contributed by atoms with Crippen molar-refractivity contribution in [3.05, 3.63) is 59.0 Å². The van der Waals surface area contributed by atoms with Crippen molar-refractivity contribution in [2.45, 2.75) is 6.92 Å². The van der Waals surface area contributed by atoms with Crippen molar-refractivity contribution in [1.82, 2.24) is 9.55 Å². The third kappa shape index (κ3) is 2.38. The van der Waals surface area contributed by atoms with Crippen LogP contribution in [-0.4, -0.2) is 22.6 Å². The number of fused-ring (bicyclic) bond motifs is 1. The minimum absolute atomic E-state index is 0.339. The van der Waals surface area contributed by atoms with Crippen LogP contribution < -0.4 is 0 Å². The number of halogens is 1. The normalized spacial score (nSPS) is 10.8. The molecule has 0 bridgehead atoms. The van der Waals surface area contributed by atoms with Crippen LogP contribution >= 0.6 is 11.6 Å². The Bertz CT molecular complexity index is 839. The highest BCUT2D eigenvalue weighted by atomic mass is 35.5. The lowest BCUT2D eigenvalue weighted by molar-refractivity contribution is 0.0601. The summed E-state index contributed by atoms with van der Waals surface area (Å²) >= 11 is 6.00. The molecule has 0 amide bonds. The van der Waals surface area contributed by atoms with Gasteiger partial charge in [0.25, 0.3) is 0 Å². The van der Waals surface area contributed by atoms with Crippen LogP contribution in [0.3, 0.4) is 0 Å². The van der Waals surface area contributed by atoms with Gasteiger partial charge >= 0.3 is 5.97 Å². The molecular formula is C16H13ClN2O2. The molecule has 5 heteroatoms. The van der Waals surface area contributed by atoms with Gasteiger partial charge in [0, 0.05) is 17.8 Å². The number of esters is 1. The Kier molecular flexibility index (Phi) is 3.39. The first kappa shape index (κ1) is 13.6. The number of hydrogen-bond donors (Lipinski definition) is 0. The summed E-state index contributed by atoms with van der Waals surface area (Å²) in [6.45, 7) is 2.00. The van der Waals surface area contributed by atoms with E-state index in [1.807, 2.05) is 35.9 Å². The van der Waals surface area contributed by atoms with Crippen molar-refractivity contribution >= 4 is 28.5 Å². The molecule has 3 aromatic rings. The second-order valence-electron chi connectivity index (χ2n) is 4.77. The van der Waals surface area contributed by atoms with Crippen LogP contribution in [-0.2, 0) is 4.74 Å². The van der Waals surface area contributed by atoms with Crippen LogP contribution in [0, 0.1) is 6.92 Å². The Morgan fingerprint density at radius 3 is 2.81 bits per heavy atom. The van der Waals surface area contributed by atoms with Crippen molar-refractivity contribution in [3.8, 4) is 5.69 Å². The van der Waals surface area contributed by atoms with E-state index >= 15 is 0 Å². The molecule has 0 fully saturated rings. The average Bonchev–Trinajstić information content (AvgIpc) is 2.83. The Morgan fingerprint density at radius 2 is 2.10 bits per heavy atom. The highest BCUT2D eigenvalue weighted by Gasteiger charge is 2.12. The van der Waals surface area contributed by atoms with E-state index in [0.717, 1.165) is 22.2 Å². The number of methoxy groups -OCH3 is 1. The largest absolute Gasteiger partial charge is 0.465 e. The summed E-state index contributed by atoms with van der Waals surface area (Å²) in [4.78, 5) is 15.7. The van der Waals surface area contributed by atoms with Gasteiger partial charge < -0.3 is 9.30 Å². The lowest BCUT2D eigenvalue weighted by Crippen LogP contribution is -2.00. The van der Waals surface area contributed by atoms with Crippen LogP contribution in [0.5, 0.6) is 0 Å². The number of ether oxygens (including phenoxy) is 1. The first-order valence-corrected chi connectivity index (χ1v) is 6.79. The zero-order valence-corrected chi connectivity index (χ0v) is 12.4. The number of carbonyl (C=O) groups is 1. The number of aromatic nitrogens is 2. The van der Waals surface area contributed by atoms with Gasteiger partial charge in [-0.3, -0.25) is 4.98 Å². The van der Waals surface area contributed by atoms with Crippen LogP contribution in [0.25, 0.3) is 16.6 Å². The molecule has 0 spiro atoms. The predicted molar refractivity (Wildman–Crippen MR) is 82.2 cm³/mol. The van der Waals surface area contributed by atoms with E-state index in [0.29, 0.717) is 10.6 Å². The van der Waals surface area contributed by atoms with E-state index in [1.165, 1.54) is 7.11 Å². The van der Waals surface area contributed by atoms with Crippen LogP contribution in [0.2, 0.25) is 5.02 Å². The molecule has 1 aromatic carbocycles. The maximum Gasteiger partial charge on any atom is 0.337 e. The number of benzene rings is 1. The number of aryl methyl sites for hydroxylation is 1. The average molecular weight is 301 g/mol. The standard InChI is InChI=1S/C16H13ClN2O2/c1-10-9-19(13-6-12(17)7-18-8-13)15-4-3-11(5-14(10)15)16(20)21-2/h3-9H,1-2H3. The Balaban J connectivity index is 2.20. The van der Waals surface area contributed by atoms with Crippen molar-refractivity contribution in [2.24, 2.45) is 0 Å². The smallest absolute Gasteiger partial charge is 0.337 e. The molecule has 0 atom stereocenters. The molecule has 0 unspecified atom stereocenters.